The van der Waals surface area contributed by atoms with E-state index in [9.17, 15) is 8.78 Å². The monoisotopic (exact) mass is 290 g/mol. The highest BCUT2D eigenvalue weighted by Gasteiger charge is 2.11. The number of nitrogens with one attached hydrogen (secondary N) is 1. The van der Waals surface area contributed by atoms with Crippen LogP contribution < -0.4 is 5.32 Å². The molecule has 0 bridgehead atoms. The molecule has 0 radical (unpaired) electrons. The molecular weight excluding hydrogens is 278 g/mol. The second-order valence-corrected chi connectivity index (χ2v) is 4.99. The number of hydrogen-bond donors (Lipinski definition) is 1. The summed E-state index contributed by atoms with van der Waals surface area (Å²) in [6, 6.07) is 11.4. The van der Waals surface area contributed by atoms with Crippen LogP contribution in [0.4, 0.5) is 14.5 Å². The molecule has 0 aliphatic heterocycles. The number of rotatable bonds is 4. The molecule has 5 heteroatoms. The quantitative estimate of drug-likeness (QED) is 0.858. The Kier molecular flexibility index (Phi) is 4.59. The van der Waals surface area contributed by atoms with Gasteiger partial charge < -0.3 is 5.32 Å². The minimum Gasteiger partial charge on any atom is -0.381 e. The lowest BCUT2D eigenvalue weighted by Gasteiger charge is -2.09. The molecule has 2 aromatic rings. The van der Waals surface area contributed by atoms with Gasteiger partial charge in [-0.15, -0.1) is 11.8 Å². The molecule has 0 atom stereocenters. The molecule has 0 unspecified atom stereocenters. The molecule has 0 aliphatic carbocycles. The van der Waals surface area contributed by atoms with Crippen molar-refractivity contribution in [2.45, 2.75) is 11.4 Å². The molecule has 0 saturated heterocycles. The van der Waals surface area contributed by atoms with Gasteiger partial charge in [0.05, 0.1) is 11.6 Å². The molecule has 0 heterocycles. The van der Waals surface area contributed by atoms with Gasteiger partial charge in [-0.1, -0.05) is 0 Å². The fraction of sp³-hybridized carbons (Fsp3) is 0.133. The summed E-state index contributed by atoms with van der Waals surface area (Å²) >= 11 is 1.62. The zero-order valence-electron chi connectivity index (χ0n) is 10.8. The molecular formula is C15H12F2N2S. The summed E-state index contributed by atoms with van der Waals surface area (Å²) in [7, 11) is 0. The first-order valence-electron chi connectivity index (χ1n) is 5.90. The van der Waals surface area contributed by atoms with E-state index in [2.05, 4.69) is 5.32 Å². The molecule has 0 saturated carbocycles. The molecule has 20 heavy (non-hydrogen) atoms. The van der Waals surface area contributed by atoms with Gasteiger partial charge >= 0.3 is 0 Å². The molecule has 2 nitrogen and oxygen atoms in total. The Morgan fingerprint density at radius 1 is 1.15 bits per heavy atom. The zero-order valence-corrected chi connectivity index (χ0v) is 11.6. The Labute approximate surface area is 120 Å². The Hall–Kier alpha value is -2.06. The van der Waals surface area contributed by atoms with Crippen molar-refractivity contribution in [2.75, 3.05) is 11.6 Å². The van der Waals surface area contributed by atoms with Gasteiger partial charge in [0.15, 0.2) is 0 Å². The van der Waals surface area contributed by atoms with E-state index in [-0.39, 0.29) is 17.7 Å². The molecule has 102 valence electrons. The Balaban J connectivity index is 2.12. The van der Waals surface area contributed by atoms with Crippen LogP contribution in [0, 0.1) is 23.0 Å². The van der Waals surface area contributed by atoms with Gasteiger partial charge in [0, 0.05) is 22.7 Å². The first-order valence-corrected chi connectivity index (χ1v) is 7.12. The van der Waals surface area contributed by atoms with Gasteiger partial charge in [0.1, 0.15) is 11.6 Å². The highest BCUT2D eigenvalue weighted by molar-refractivity contribution is 7.98. The molecule has 1 N–H and O–H groups in total. The summed E-state index contributed by atoms with van der Waals surface area (Å²) in [5.74, 6) is -1.43. The SMILES string of the molecule is CSc1ccc(NCc2c(F)cc(C#N)cc2F)cc1. The van der Waals surface area contributed by atoms with E-state index in [0.717, 1.165) is 22.7 Å². The first kappa shape index (κ1) is 14.4. The third-order valence-corrected chi connectivity index (χ3v) is 3.57. The van der Waals surface area contributed by atoms with Crippen molar-refractivity contribution < 1.29 is 8.78 Å². The lowest BCUT2D eigenvalue weighted by Crippen LogP contribution is -2.05. The Morgan fingerprint density at radius 3 is 2.25 bits per heavy atom. The summed E-state index contributed by atoms with van der Waals surface area (Å²) < 4.78 is 27.4. The van der Waals surface area contributed by atoms with Crippen LogP contribution in [0.25, 0.3) is 0 Å². The van der Waals surface area contributed by atoms with E-state index < -0.39 is 11.6 Å². The molecule has 2 aromatic carbocycles. The lowest BCUT2D eigenvalue weighted by molar-refractivity contribution is 0.559. The van der Waals surface area contributed by atoms with Crippen LogP contribution in [0.15, 0.2) is 41.3 Å². The minimum absolute atomic E-state index is 0.0203. The van der Waals surface area contributed by atoms with Crippen molar-refractivity contribution >= 4 is 17.4 Å². The summed E-state index contributed by atoms with van der Waals surface area (Å²) in [6.07, 6.45) is 1.98. The largest absolute Gasteiger partial charge is 0.381 e. The number of nitriles is 1. The highest BCUT2D eigenvalue weighted by Crippen LogP contribution is 2.20. The number of benzene rings is 2. The summed E-state index contributed by atoms with van der Waals surface area (Å²) in [5, 5.41) is 11.6. The fourth-order valence-electron chi connectivity index (χ4n) is 1.74. The Morgan fingerprint density at radius 2 is 1.75 bits per heavy atom. The summed E-state index contributed by atoms with van der Waals surface area (Å²) in [6.45, 7) is 0.0298. The number of halogens is 2. The smallest absolute Gasteiger partial charge is 0.132 e. The predicted molar refractivity (Wildman–Crippen MR) is 76.6 cm³/mol. The number of hydrogen-bond acceptors (Lipinski definition) is 3. The molecule has 0 aliphatic rings. The van der Waals surface area contributed by atoms with Crippen LogP contribution in [-0.2, 0) is 6.54 Å². The van der Waals surface area contributed by atoms with Crippen LogP contribution in [0.1, 0.15) is 11.1 Å². The normalized spacial score (nSPS) is 10.1. The van der Waals surface area contributed by atoms with Gasteiger partial charge in [-0.3, -0.25) is 0 Å². The van der Waals surface area contributed by atoms with Crippen LogP contribution in [-0.4, -0.2) is 6.26 Å². The molecule has 0 fully saturated rings. The number of thioether (sulfide) groups is 1. The van der Waals surface area contributed by atoms with Crippen molar-refractivity contribution in [3.63, 3.8) is 0 Å². The van der Waals surface area contributed by atoms with Crippen molar-refractivity contribution in [3.8, 4) is 6.07 Å². The van der Waals surface area contributed by atoms with E-state index in [1.807, 2.05) is 30.5 Å². The molecule has 0 aromatic heterocycles. The van der Waals surface area contributed by atoms with Crippen molar-refractivity contribution in [1.82, 2.24) is 0 Å². The average Bonchev–Trinajstić information content (AvgIpc) is 2.46. The standard InChI is InChI=1S/C15H12F2N2S/c1-20-12-4-2-11(3-5-12)19-9-13-14(16)6-10(8-18)7-15(13)17/h2-7,19H,9H2,1H3. The van der Waals surface area contributed by atoms with E-state index in [0.29, 0.717) is 0 Å². The lowest BCUT2D eigenvalue weighted by atomic mass is 10.1. The first-order chi connectivity index (χ1) is 9.63. The zero-order chi connectivity index (χ0) is 14.5. The minimum atomic E-state index is -0.713. The van der Waals surface area contributed by atoms with E-state index in [1.54, 1.807) is 17.8 Å². The van der Waals surface area contributed by atoms with Crippen LogP contribution >= 0.6 is 11.8 Å². The third kappa shape index (κ3) is 3.28. The average molecular weight is 290 g/mol. The maximum Gasteiger partial charge on any atom is 0.132 e. The van der Waals surface area contributed by atoms with E-state index in [4.69, 9.17) is 5.26 Å². The number of nitrogens with zero attached hydrogens (tertiary/aromatic N) is 1. The van der Waals surface area contributed by atoms with Crippen molar-refractivity contribution in [1.29, 1.82) is 5.26 Å². The van der Waals surface area contributed by atoms with Gasteiger partial charge in [0.25, 0.3) is 0 Å². The second-order valence-electron chi connectivity index (χ2n) is 4.11. The fourth-order valence-corrected chi connectivity index (χ4v) is 2.14. The maximum atomic E-state index is 13.7. The van der Waals surface area contributed by atoms with E-state index >= 15 is 0 Å². The molecule has 2 rings (SSSR count). The van der Waals surface area contributed by atoms with Gasteiger partial charge in [-0.05, 0) is 42.7 Å². The Bertz CT molecular complexity index is 625. The summed E-state index contributed by atoms with van der Waals surface area (Å²) in [4.78, 5) is 1.12. The van der Waals surface area contributed by atoms with Gasteiger partial charge in [-0.2, -0.15) is 5.26 Å². The molecule has 0 amide bonds. The summed E-state index contributed by atoms with van der Waals surface area (Å²) in [5.41, 5.74) is 0.692. The van der Waals surface area contributed by atoms with Crippen molar-refractivity contribution in [2.24, 2.45) is 0 Å². The third-order valence-electron chi connectivity index (χ3n) is 2.83. The number of anilines is 1. The highest BCUT2D eigenvalue weighted by atomic mass is 32.2. The second kappa shape index (κ2) is 6.40. The van der Waals surface area contributed by atoms with Crippen LogP contribution in [0.5, 0.6) is 0 Å². The van der Waals surface area contributed by atoms with E-state index in [1.165, 1.54) is 0 Å². The van der Waals surface area contributed by atoms with Crippen molar-refractivity contribution in [3.05, 3.63) is 59.2 Å². The van der Waals surface area contributed by atoms with Gasteiger partial charge in [0.2, 0.25) is 0 Å². The van der Waals surface area contributed by atoms with Gasteiger partial charge in [-0.25, -0.2) is 8.78 Å². The van der Waals surface area contributed by atoms with Crippen LogP contribution in [0.2, 0.25) is 0 Å². The van der Waals surface area contributed by atoms with Crippen LogP contribution in [0.3, 0.4) is 0 Å². The predicted octanol–water partition coefficient (Wildman–Crippen LogP) is 4.17. The topological polar surface area (TPSA) is 35.8 Å². The molecule has 0 spiro atoms. The maximum absolute atomic E-state index is 13.7.